The zero-order chi connectivity index (χ0) is 5.28. The van der Waals surface area contributed by atoms with E-state index in [2.05, 4.69) is 9.97 Å². The van der Waals surface area contributed by atoms with Crippen LogP contribution in [-0.2, 0) is 0 Å². The first-order valence-electron chi connectivity index (χ1n) is 1.79. The van der Waals surface area contributed by atoms with Crippen molar-refractivity contribution < 1.29 is 5.11 Å². The molecule has 4 N–H and O–H groups in total. The molecule has 7 heavy (non-hydrogen) atoms. The van der Waals surface area contributed by atoms with Crippen molar-refractivity contribution >= 4 is 5.95 Å². The highest BCUT2D eigenvalue weighted by Gasteiger charge is 1.87. The van der Waals surface area contributed by atoms with Crippen LogP contribution in [0.15, 0.2) is 6.20 Å². The van der Waals surface area contributed by atoms with Crippen LogP contribution in [0.3, 0.4) is 0 Å². The molecule has 0 atom stereocenters. The highest BCUT2D eigenvalue weighted by Crippen LogP contribution is 2.01. The normalized spacial score (nSPS) is 9.14. The Morgan fingerprint density at radius 2 is 2.57 bits per heavy atom. The Bertz CT molecular complexity index is 142. The van der Waals surface area contributed by atoms with Gasteiger partial charge in [-0.15, -0.1) is 0 Å². The summed E-state index contributed by atoms with van der Waals surface area (Å²) in [6, 6.07) is 0. The number of nitrogens with two attached hydrogens (primary N) is 1. The monoisotopic (exact) mass is 99.0 g/mol. The minimum absolute atomic E-state index is 0.0718. The maximum Gasteiger partial charge on any atom is 0.230 e. The number of nitrogen functional groups attached to an aromatic ring is 1. The topological polar surface area (TPSA) is 74.9 Å². The van der Waals surface area contributed by atoms with Gasteiger partial charge >= 0.3 is 0 Å². The van der Waals surface area contributed by atoms with Crippen molar-refractivity contribution in [2.45, 2.75) is 0 Å². The molecule has 0 unspecified atom stereocenters. The van der Waals surface area contributed by atoms with Gasteiger partial charge in [0.2, 0.25) is 11.8 Å². The van der Waals surface area contributed by atoms with Gasteiger partial charge in [0, 0.05) is 0 Å². The molecule has 0 aliphatic carbocycles. The lowest BCUT2D eigenvalue weighted by Crippen LogP contribution is -1.83. The van der Waals surface area contributed by atoms with Gasteiger partial charge in [-0.2, -0.15) is 4.98 Å². The number of H-pyrrole nitrogens is 1. The zero-order valence-electron chi connectivity index (χ0n) is 3.55. The first kappa shape index (κ1) is 3.98. The van der Waals surface area contributed by atoms with Gasteiger partial charge in [0.1, 0.15) is 0 Å². The van der Waals surface area contributed by atoms with E-state index in [9.17, 15) is 0 Å². The maximum atomic E-state index is 8.43. The Balaban J connectivity index is 3.04. The number of hydrogen-bond donors (Lipinski definition) is 3. The number of aromatic hydroxyl groups is 1. The van der Waals surface area contributed by atoms with E-state index in [1.54, 1.807) is 0 Å². The number of aromatic amines is 1. The Hall–Kier alpha value is -1.19. The fourth-order valence-corrected chi connectivity index (χ4v) is 0.326. The number of imidazole rings is 1. The lowest BCUT2D eigenvalue weighted by molar-refractivity contribution is 0.457. The average Bonchev–Trinajstić information content (AvgIpc) is 1.87. The van der Waals surface area contributed by atoms with Gasteiger partial charge in [-0.1, -0.05) is 0 Å². The smallest absolute Gasteiger partial charge is 0.230 e. The molecule has 4 heteroatoms. The molecule has 1 aromatic heterocycles. The van der Waals surface area contributed by atoms with E-state index in [1.165, 1.54) is 6.20 Å². The molecular weight excluding hydrogens is 94.1 g/mol. The Labute approximate surface area is 40.0 Å². The van der Waals surface area contributed by atoms with E-state index in [-0.39, 0.29) is 11.8 Å². The molecule has 0 aliphatic rings. The van der Waals surface area contributed by atoms with Crippen LogP contribution in [0.5, 0.6) is 5.88 Å². The second-order valence-electron chi connectivity index (χ2n) is 1.14. The first-order chi connectivity index (χ1) is 3.29. The third-order valence-corrected chi connectivity index (χ3v) is 0.584. The van der Waals surface area contributed by atoms with Crippen LogP contribution >= 0.6 is 0 Å². The summed E-state index contributed by atoms with van der Waals surface area (Å²) < 4.78 is 0. The second kappa shape index (κ2) is 1.14. The summed E-state index contributed by atoms with van der Waals surface area (Å²) in [4.78, 5) is 5.87. The molecular formula is C3H5N3O. The van der Waals surface area contributed by atoms with E-state index in [0.29, 0.717) is 0 Å². The molecule has 0 spiro atoms. The lowest BCUT2D eigenvalue weighted by atomic mass is 10.9. The van der Waals surface area contributed by atoms with Crippen LogP contribution in [0.25, 0.3) is 0 Å². The largest absolute Gasteiger partial charge is 0.492 e. The van der Waals surface area contributed by atoms with Crippen molar-refractivity contribution in [3.05, 3.63) is 6.20 Å². The van der Waals surface area contributed by atoms with Crippen molar-refractivity contribution in [3.63, 3.8) is 0 Å². The van der Waals surface area contributed by atoms with Gasteiger partial charge in [-0.25, -0.2) is 0 Å². The summed E-state index contributed by atoms with van der Waals surface area (Å²) in [6.45, 7) is 0. The van der Waals surface area contributed by atoms with Crippen molar-refractivity contribution in [1.29, 1.82) is 0 Å². The van der Waals surface area contributed by atoms with Gasteiger partial charge < -0.3 is 15.8 Å². The molecule has 1 rings (SSSR count). The molecule has 0 amide bonds. The SMILES string of the molecule is Nc1nc(O)c[nH]1. The number of nitrogens with zero attached hydrogens (tertiary/aromatic N) is 1. The fraction of sp³-hybridized carbons (Fsp3) is 0. The fourth-order valence-electron chi connectivity index (χ4n) is 0.326. The predicted molar refractivity (Wildman–Crippen MR) is 24.7 cm³/mol. The van der Waals surface area contributed by atoms with Gasteiger partial charge in [0.25, 0.3) is 0 Å². The van der Waals surface area contributed by atoms with Crippen molar-refractivity contribution in [1.82, 2.24) is 9.97 Å². The third-order valence-electron chi connectivity index (χ3n) is 0.584. The molecule has 0 aliphatic heterocycles. The van der Waals surface area contributed by atoms with Crippen molar-refractivity contribution in [2.75, 3.05) is 5.73 Å². The van der Waals surface area contributed by atoms with Crippen molar-refractivity contribution in [2.24, 2.45) is 0 Å². The molecule has 1 heterocycles. The van der Waals surface area contributed by atoms with E-state index in [4.69, 9.17) is 10.8 Å². The van der Waals surface area contributed by atoms with Gasteiger partial charge in [0.05, 0.1) is 6.20 Å². The summed E-state index contributed by atoms with van der Waals surface area (Å²) in [5, 5.41) is 8.43. The second-order valence-corrected chi connectivity index (χ2v) is 1.14. The molecule has 0 saturated carbocycles. The molecule has 0 saturated heterocycles. The summed E-state index contributed by atoms with van der Waals surface area (Å²) in [5.74, 6) is 0.162. The number of nitrogens with one attached hydrogen (secondary N) is 1. The van der Waals surface area contributed by atoms with Gasteiger partial charge in [-0.05, 0) is 0 Å². The van der Waals surface area contributed by atoms with Crippen molar-refractivity contribution in [3.8, 4) is 5.88 Å². The number of aromatic nitrogens is 2. The summed E-state index contributed by atoms with van der Waals surface area (Å²) in [5.41, 5.74) is 5.05. The minimum atomic E-state index is -0.0718. The highest BCUT2D eigenvalue weighted by atomic mass is 16.3. The van der Waals surface area contributed by atoms with E-state index in [1.807, 2.05) is 0 Å². The maximum absolute atomic E-state index is 8.43. The van der Waals surface area contributed by atoms with E-state index < -0.39 is 0 Å². The average molecular weight is 99.1 g/mol. The standard InChI is InChI=1S/C3H5N3O/c4-3-5-1-2(7)6-3/h1,7H,(H3,4,5,6). The van der Waals surface area contributed by atoms with Crippen LogP contribution in [0.4, 0.5) is 5.95 Å². The Morgan fingerprint density at radius 3 is 2.71 bits per heavy atom. The third kappa shape index (κ3) is 0.623. The van der Waals surface area contributed by atoms with Gasteiger partial charge in [0.15, 0.2) is 0 Å². The Morgan fingerprint density at radius 1 is 1.86 bits per heavy atom. The Kier molecular flexibility index (Phi) is 0.651. The minimum Gasteiger partial charge on any atom is -0.492 e. The molecule has 0 fully saturated rings. The molecule has 0 radical (unpaired) electrons. The van der Waals surface area contributed by atoms with Crippen LogP contribution in [-0.4, -0.2) is 15.1 Å². The van der Waals surface area contributed by atoms with Crippen LogP contribution in [0, 0.1) is 0 Å². The molecule has 0 aromatic carbocycles. The highest BCUT2D eigenvalue weighted by molar-refractivity contribution is 5.20. The van der Waals surface area contributed by atoms with E-state index in [0.717, 1.165) is 0 Å². The number of hydrogen-bond acceptors (Lipinski definition) is 3. The number of anilines is 1. The summed E-state index contributed by atoms with van der Waals surface area (Å²) in [7, 11) is 0. The molecule has 1 aromatic rings. The van der Waals surface area contributed by atoms with Gasteiger partial charge in [-0.3, -0.25) is 0 Å². The lowest BCUT2D eigenvalue weighted by Gasteiger charge is -1.72. The van der Waals surface area contributed by atoms with Crippen LogP contribution in [0.1, 0.15) is 0 Å². The zero-order valence-corrected chi connectivity index (χ0v) is 3.55. The molecule has 4 nitrogen and oxygen atoms in total. The first-order valence-corrected chi connectivity index (χ1v) is 1.79. The molecule has 38 valence electrons. The molecule has 0 bridgehead atoms. The van der Waals surface area contributed by atoms with Crippen LogP contribution in [0.2, 0.25) is 0 Å². The number of rotatable bonds is 0. The quantitative estimate of drug-likeness (QED) is 0.418. The summed E-state index contributed by atoms with van der Waals surface area (Å²) in [6.07, 6.45) is 1.31. The predicted octanol–water partition coefficient (Wildman–Crippen LogP) is -0.303. The summed E-state index contributed by atoms with van der Waals surface area (Å²) >= 11 is 0. The van der Waals surface area contributed by atoms with E-state index >= 15 is 0 Å². The van der Waals surface area contributed by atoms with Crippen LogP contribution < -0.4 is 5.73 Å².